The third kappa shape index (κ3) is 14.3. The zero-order chi connectivity index (χ0) is 47.1. The molecule has 0 aliphatic rings. The fourth-order valence-electron chi connectivity index (χ4n) is 6.55. The lowest BCUT2D eigenvalue weighted by Crippen LogP contribution is -2.29. The van der Waals surface area contributed by atoms with Gasteiger partial charge >= 0.3 is 0 Å². The first kappa shape index (κ1) is 48.6. The molecule has 0 aliphatic heterocycles. The second-order valence-corrected chi connectivity index (χ2v) is 17.3. The van der Waals surface area contributed by atoms with Crippen LogP contribution in [0, 0.1) is 0 Å². The predicted octanol–water partition coefficient (Wildman–Crippen LogP) is 7.20. The van der Waals surface area contributed by atoms with Crippen molar-refractivity contribution in [1.29, 1.82) is 0 Å². The molecule has 6 rings (SSSR count). The predicted molar refractivity (Wildman–Crippen MR) is 260 cm³/mol. The molecule has 22 heteroatoms. The highest BCUT2D eigenvalue weighted by Gasteiger charge is 2.19. The minimum atomic E-state index is -4.84. The molecule has 348 valence electrons. The monoisotopic (exact) mass is 938 g/mol. The molecule has 6 aromatic rings. The van der Waals surface area contributed by atoms with Crippen molar-refractivity contribution < 1.29 is 25.9 Å². The van der Waals surface area contributed by atoms with Crippen LogP contribution in [-0.2, 0) is 20.2 Å². The van der Waals surface area contributed by atoms with Crippen molar-refractivity contribution in [3.63, 3.8) is 0 Å². The fraction of sp³-hybridized carbons (Fsp3) is 0.273. The molecule has 66 heavy (non-hydrogen) atoms. The second-order valence-electron chi connectivity index (χ2n) is 14.5. The van der Waals surface area contributed by atoms with Gasteiger partial charge in [-0.2, -0.15) is 46.7 Å². The third-order valence-electron chi connectivity index (χ3n) is 10.1. The molecule has 4 aromatic carbocycles. The fourth-order valence-corrected chi connectivity index (χ4v) is 7.97. The van der Waals surface area contributed by atoms with Crippen molar-refractivity contribution in [2.24, 2.45) is 0 Å². The highest BCUT2D eigenvalue weighted by Crippen LogP contribution is 2.29. The van der Waals surface area contributed by atoms with Crippen LogP contribution in [0.15, 0.2) is 107 Å². The van der Waals surface area contributed by atoms with Gasteiger partial charge in [-0.05, 0) is 85.8 Å². The summed E-state index contributed by atoms with van der Waals surface area (Å²) in [5.74, 6) is 1.13. The molecular weight excluding hydrogens is 885 g/mol. The maximum atomic E-state index is 12.8. The number of para-hydroxylation sites is 2. The summed E-state index contributed by atoms with van der Waals surface area (Å²) in [4.78, 5) is 30.4. The van der Waals surface area contributed by atoms with Crippen LogP contribution in [0.25, 0.3) is 12.2 Å². The van der Waals surface area contributed by atoms with Gasteiger partial charge in [0.2, 0.25) is 35.7 Å². The maximum Gasteiger partial charge on any atom is 0.295 e. The van der Waals surface area contributed by atoms with Crippen LogP contribution < -0.4 is 31.9 Å². The Morgan fingerprint density at radius 1 is 0.455 bits per heavy atom. The highest BCUT2D eigenvalue weighted by atomic mass is 32.2. The van der Waals surface area contributed by atoms with Crippen LogP contribution in [-0.4, -0.2) is 118 Å². The molecule has 0 saturated heterocycles. The Morgan fingerprint density at radius 3 is 1.09 bits per heavy atom. The van der Waals surface area contributed by atoms with Gasteiger partial charge in [0.15, 0.2) is 0 Å². The van der Waals surface area contributed by atoms with E-state index in [0.29, 0.717) is 13.1 Å². The van der Waals surface area contributed by atoms with Crippen molar-refractivity contribution in [3.05, 3.63) is 108 Å². The van der Waals surface area contributed by atoms with Gasteiger partial charge in [0.05, 0.1) is 0 Å². The lowest BCUT2D eigenvalue weighted by atomic mass is 10.1. The van der Waals surface area contributed by atoms with Gasteiger partial charge in [0.1, 0.15) is 9.79 Å². The van der Waals surface area contributed by atoms with Crippen LogP contribution in [0.4, 0.5) is 58.4 Å². The molecule has 8 N–H and O–H groups in total. The number of nitrogens with zero attached hydrogens (tertiary/aromatic N) is 8. The van der Waals surface area contributed by atoms with E-state index >= 15 is 0 Å². The van der Waals surface area contributed by atoms with Gasteiger partial charge in [0, 0.05) is 48.9 Å². The van der Waals surface area contributed by atoms with Crippen LogP contribution in [0.1, 0.15) is 38.8 Å². The molecule has 0 aliphatic carbocycles. The van der Waals surface area contributed by atoms with E-state index in [9.17, 15) is 25.9 Å². The summed E-state index contributed by atoms with van der Waals surface area (Å²) in [6.07, 6.45) is 2.60. The number of benzene rings is 4. The number of anilines is 10. The third-order valence-corrected chi connectivity index (χ3v) is 11.9. The van der Waals surface area contributed by atoms with E-state index in [0.717, 1.165) is 50.6 Å². The van der Waals surface area contributed by atoms with Crippen LogP contribution in [0.2, 0.25) is 0 Å². The number of rotatable bonds is 24. The van der Waals surface area contributed by atoms with Crippen molar-refractivity contribution >= 4 is 90.8 Å². The normalized spacial score (nSPS) is 11.8. The number of hydrogen-bond donors (Lipinski definition) is 8. The lowest BCUT2D eigenvalue weighted by molar-refractivity contribution is 0.316. The molecule has 0 radical (unpaired) electrons. The van der Waals surface area contributed by atoms with E-state index in [1.807, 2.05) is 60.7 Å². The summed E-state index contributed by atoms with van der Waals surface area (Å²) in [6, 6.07) is 26.9. The Kier molecular flexibility index (Phi) is 16.9. The molecule has 0 saturated carbocycles. The average molecular weight is 939 g/mol. The van der Waals surface area contributed by atoms with Gasteiger partial charge in [0.25, 0.3) is 20.2 Å². The lowest BCUT2D eigenvalue weighted by Gasteiger charge is -2.18. The van der Waals surface area contributed by atoms with E-state index in [1.165, 1.54) is 48.6 Å². The van der Waals surface area contributed by atoms with E-state index in [2.05, 4.69) is 99.3 Å². The first-order valence-electron chi connectivity index (χ1n) is 21.3. The van der Waals surface area contributed by atoms with Gasteiger partial charge in [-0.3, -0.25) is 9.11 Å². The number of hydrogen-bond acceptors (Lipinski definition) is 18. The van der Waals surface area contributed by atoms with Crippen molar-refractivity contribution in [1.82, 2.24) is 39.7 Å². The van der Waals surface area contributed by atoms with Gasteiger partial charge in [-0.15, -0.1) is 0 Å². The second kappa shape index (κ2) is 22.9. The maximum absolute atomic E-state index is 12.8. The van der Waals surface area contributed by atoms with Gasteiger partial charge < -0.3 is 41.7 Å². The Bertz CT molecular complexity index is 2610. The zero-order valence-corrected chi connectivity index (χ0v) is 38.6. The van der Waals surface area contributed by atoms with E-state index in [1.54, 1.807) is 0 Å². The van der Waals surface area contributed by atoms with Gasteiger partial charge in [-0.25, -0.2) is 0 Å². The largest absolute Gasteiger partial charge is 0.353 e. The van der Waals surface area contributed by atoms with Gasteiger partial charge in [-0.1, -0.05) is 88.4 Å². The average Bonchev–Trinajstić information content (AvgIpc) is 3.29. The van der Waals surface area contributed by atoms with E-state index < -0.39 is 30.0 Å². The summed E-state index contributed by atoms with van der Waals surface area (Å²) in [6.45, 7) is 14.4. The molecule has 2 aromatic heterocycles. The molecular formula is C44H54N14O6S2. The highest BCUT2D eigenvalue weighted by molar-refractivity contribution is 7.86. The number of aromatic nitrogens is 6. The molecule has 20 nitrogen and oxygen atoms in total. The van der Waals surface area contributed by atoms with Crippen LogP contribution in [0.5, 0.6) is 0 Å². The molecule has 0 fully saturated rings. The summed E-state index contributed by atoms with van der Waals surface area (Å²) < 4.78 is 71.8. The first-order valence-corrected chi connectivity index (χ1v) is 24.1. The first-order chi connectivity index (χ1) is 31.7. The summed E-state index contributed by atoms with van der Waals surface area (Å²) in [7, 11) is -9.68. The van der Waals surface area contributed by atoms with Crippen LogP contribution >= 0.6 is 0 Å². The van der Waals surface area contributed by atoms with Crippen molar-refractivity contribution in [3.8, 4) is 0 Å². The standard InChI is InChI=1S/C44H54N14O6S2/c1-5-57(6-2)27-25-45-39-51-41(47-33-15-11-9-12-16-33)55-43(53-39)49-35-23-21-31(37(29-35)65(59,60)61)19-20-32-22-24-36(30-38(32)66(62,63)64)50-44-54-40(46-26-28-58(7-3)8-4)52-42(56-44)48-34-17-13-10-14-18-34/h9-24,29-30H,5-8,25-28H2,1-4H3,(H,59,60,61)(H,62,63,64)(H3,45,47,49,51,53,55)(H3,46,48,50,52,54,56)/b20-19+. The van der Waals surface area contributed by atoms with Crippen molar-refractivity contribution in [2.45, 2.75) is 37.5 Å². The molecule has 0 atom stereocenters. The SMILES string of the molecule is CCN(CC)CCNc1nc(Nc2ccccc2)nc(Nc2ccc(/C=C/c3ccc(Nc4nc(NCCN(CC)CC)nc(Nc5ccccc5)n4)cc3S(=O)(=O)O)c(S(=O)(=O)O)c2)n1. The summed E-state index contributed by atoms with van der Waals surface area (Å²) in [5, 5.41) is 18.7. The Hall–Kier alpha value is -6.82. The minimum absolute atomic E-state index is 0.0111. The van der Waals surface area contributed by atoms with E-state index in [-0.39, 0.29) is 58.2 Å². The number of nitrogens with one attached hydrogen (secondary N) is 6. The summed E-state index contributed by atoms with van der Waals surface area (Å²) >= 11 is 0. The molecule has 0 bridgehead atoms. The topological polar surface area (TPSA) is 265 Å². The number of likely N-dealkylation sites (N-methyl/N-ethyl adjacent to an activating group) is 2. The van der Waals surface area contributed by atoms with E-state index in [4.69, 9.17) is 0 Å². The molecule has 0 unspecified atom stereocenters. The summed E-state index contributed by atoms with van der Waals surface area (Å²) in [5.41, 5.74) is 1.90. The Labute approximate surface area is 385 Å². The van der Waals surface area contributed by atoms with Crippen molar-refractivity contribution in [2.75, 3.05) is 84.3 Å². The Morgan fingerprint density at radius 2 is 0.773 bits per heavy atom. The quantitative estimate of drug-likeness (QED) is 0.0220. The molecule has 0 amide bonds. The van der Waals surface area contributed by atoms with Crippen LogP contribution in [0.3, 0.4) is 0 Å². The Balaban J connectivity index is 1.25. The molecule has 2 heterocycles. The minimum Gasteiger partial charge on any atom is -0.353 e. The smallest absolute Gasteiger partial charge is 0.295 e. The zero-order valence-electron chi connectivity index (χ0n) is 37.0. The molecule has 0 spiro atoms.